The van der Waals surface area contributed by atoms with Crippen molar-refractivity contribution in [3.63, 3.8) is 0 Å². The fourth-order valence-corrected chi connectivity index (χ4v) is 2.71. The van der Waals surface area contributed by atoms with Crippen LogP contribution in [0.5, 0.6) is 0 Å². The molecule has 1 aromatic carbocycles. The summed E-state index contributed by atoms with van der Waals surface area (Å²) in [6.45, 7) is 1.63. The van der Waals surface area contributed by atoms with Crippen molar-refractivity contribution in [1.82, 2.24) is 0 Å². The Morgan fingerprint density at radius 3 is 2.53 bits per heavy atom. The van der Waals surface area contributed by atoms with Gasteiger partial charge in [-0.1, -0.05) is 22.0 Å². The van der Waals surface area contributed by atoms with Crippen LogP contribution in [0.4, 0.5) is 0 Å². The molecule has 0 aromatic heterocycles. The minimum absolute atomic E-state index is 0.410. The lowest BCUT2D eigenvalue weighted by atomic mass is 9.82. The molecule has 1 saturated heterocycles. The first-order valence-corrected chi connectivity index (χ1v) is 6.16. The van der Waals surface area contributed by atoms with Gasteiger partial charge in [-0.2, -0.15) is 0 Å². The molecular formula is C12H13BrO2. The van der Waals surface area contributed by atoms with E-state index in [1.807, 2.05) is 0 Å². The highest BCUT2D eigenvalue weighted by molar-refractivity contribution is 9.10. The monoisotopic (exact) mass is 268 g/mol. The Morgan fingerprint density at radius 1 is 1.13 bits per heavy atom. The summed E-state index contributed by atoms with van der Waals surface area (Å²) in [7, 11) is 0. The van der Waals surface area contributed by atoms with Crippen molar-refractivity contribution in [3.05, 3.63) is 33.8 Å². The van der Waals surface area contributed by atoms with E-state index in [0.717, 1.165) is 36.9 Å². The van der Waals surface area contributed by atoms with Crippen LogP contribution < -0.4 is 0 Å². The van der Waals surface area contributed by atoms with Crippen molar-refractivity contribution in [2.45, 2.75) is 25.0 Å². The number of benzene rings is 1. The molecule has 3 rings (SSSR count). The summed E-state index contributed by atoms with van der Waals surface area (Å²) in [5, 5.41) is 0. The Bertz CT molecular complexity index is 381. The minimum Gasteiger partial charge on any atom is -0.346 e. The van der Waals surface area contributed by atoms with Gasteiger partial charge in [0.2, 0.25) is 0 Å². The first-order valence-electron chi connectivity index (χ1n) is 5.37. The number of fused-ring (bicyclic) bond motifs is 2. The molecule has 3 heteroatoms. The molecule has 1 aliphatic carbocycles. The number of halogens is 1. The fourth-order valence-electron chi connectivity index (χ4n) is 2.30. The Labute approximate surface area is 97.7 Å². The van der Waals surface area contributed by atoms with Gasteiger partial charge in [0.15, 0.2) is 5.79 Å². The quantitative estimate of drug-likeness (QED) is 0.720. The maximum absolute atomic E-state index is 5.86. The molecule has 80 valence electrons. The van der Waals surface area contributed by atoms with E-state index in [1.54, 1.807) is 0 Å². The van der Waals surface area contributed by atoms with Gasteiger partial charge in [0.05, 0.1) is 13.2 Å². The lowest BCUT2D eigenvalue weighted by molar-refractivity contribution is -0.249. The average Bonchev–Trinajstić information content (AvgIpc) is 2.44. The van der Waals surface area contributed by atoms with Gasteiger partial charge in [-0.3, -0.25) is 0 Å². The molecule has 0 bridgehead atoms. The van der Waals surface area contributed by atoms with Crippen LogP contribution in [-0.2, 0) is 21.7 Å². The van der Waals surface area contributed by atoms with Gasteiger partial charge in [-0.05, 0) is 30.5 Å². The Hall–Kier alpha value is -0.380. The zero-order chi connectivity index (χ0) is 10.3. The number of hydrogen-bond donors (Lipinski definition) is 0. The van der Waals surface area contributed by atoms with E-state index < -0.39 is 5.79 Å². The second-order valence-corrected chi connectivity index (χ2v) is 5.05. The van der Waals surface area contributed by atoms with Gasteiger partial charge in [-0.25, -0.2) is 0 Å². The predicted molar refractivity (Wildman–Crippen MR) is 60.7 cm³/mol. The summed E-state index contributed by atoms with van der Waals surface area (Å²) in [5.74, 6) is -0.410. The Morgan fingerprint density at radius 2 is 1.87 bits per heavy atom. The molecule has 2 aliphatic rings. The SMILES string of the molecule is Brc1ccc2c(c1)CC21OCCCCO1. The highest BCUT2D eigenvalue weighted by Crippen LogP contribution is 2.45. The maximum atomic E-state index is 5.86. The van der Waals surface area contributed by atoms with E-state index in [-0.39, 0.29) is 0 Å². The van der Waals surface area contributed by atoms with Crippen molar-refractivity contribution < 1.29 is 9.47 Å². The molecule has 1 aromatic rings. The van der Waals surface area contributed by atoms with Gasteiger partial charge >= 0.3 is 0 Å². The van der Waals surface area contributed by atoms with E-state index >= 15 is 0 Å². The van der Waals surface area contributed by atoms with E-state index in [4.69, 9.17) is 9.47 Å². The van der Waals surface area contributed by atoms with Crippen molar-refractivity contribution in [3.8, 4) is 0 Å². The van der Waals surface area contributed by atoms with Crippen LogP contribution in [0.2, 0.25) is 0 Å². The van der Waals surface area contributed by atoms with Gasteiger partial charge in [0, 0.05) is 16.5 Å². The molecule has 0 saturated carbocycles. The largest absolute Gasteiger partial charge is 0.346 e. The topological polar surface area (TPSA) is 18.5 Å². The van der Waals surface area contributed by atoms with Crippen molar-refractivity contribution >= 4 is 15.9 Å². The first-order chi connectivity index (χ1) is 7.30. The molecule has 0 unspecified atom stereocenters. The van der Waals surface area contributed by atoms with Gasteiger partial charge in [-0.15, -0.1) is 0 Å². The zero-order valence-electron chi connectivity index (χ0n) is 8.46. The third-order valence-corrected chi connectivity index (χ3v) is 3.60. The van der Waals surface area contributed by atoms with Crippen LogP contribution in [0.3, 0.4) is 0 Å². The maximum Gasteiger partial charge on any atom is 0.199 e. The fraction of sp³-hybridized carbons (Fsp3) is 0.500. The molecule has 2 nitrogen and oxygen atoms in total. The summed E-state index contributed by atoms with van der Waals surface area (Å²) in [4.78, 5) is 0. The molecule has 1 fully saturated rings. The van der Waals surface area contributed by atoms with Crippen molar-refractivity contribution in [1.29, 1.82) is 0 Å². The van der Waals surface area contributed by atoms with Gasteiger partial charge in [0.25, 0.3) is 0 Å². The third-order valence-electron chi connectivity index (χ3n) is 3.11. The van der Waals surface area contributed by atoms with E-state index in [2.05, 4.69) is 34.1 Å². The number of rotatable bonds is 0. The van der Waals surface area contributed by atoms with E-state index in [1.165, 1.54) is 11.1 Å². The molecule has 0 atom stereocenters. The highest BCUT2D eigenvalue weighted by Gasteiger charge is 2.45. The highest BCUT2D eigenvalue weighted by atomic mass is 79.9. The Balaban J connectivity index is 1.93. The molecule has 1 spiro atoms. The van der Waals surface area contributed by atoms with Crippen LogP contribution in [0.15, 0.2) is 22.7 Å². The third kappa shape index (κ3) is 1.53. The molecule has 1 aliphatic heterocycles. The van der Waals surface area contributed by atoms with Crippen molar-refractivity contribution in [2.24, 2.45) is 0 Å². The van der Waals surface area contributed by atoms with Crippen LogP contribution in [0, 0.1) is 0 Å². The van der Waals surface area contributed by atoms with Gasteiger partial charge < -0.3 is 9.47 Å². The minimum atomic E-state index is -0.410. The van der Waals surface area contributed by atoms with Crippen LogP contribution >= 0.6 is 15.9 Å². The molecule has 0 amide bonds. The van der Waals surface area contributed by atoms with Gasteiger partial charge in [0.1, 0.15) is 0 Å². The number of ether oxygens (including phenoxy) is 2. The normalized spacial score (nSPS) is 23.0. The molecule has 1 heterocycles. The van der Waals surface area contributed by atoms with E-state index in [9.17, 15) is 0 Å². The molecule has 0 radical (unpaired) electrons. The predicted octanol–water partition coefficient (Wildman–Crippen LogP) is 2.99. The summed E-state index contributed by atoms with van der Waals surface area (Å²) in [6, 6.07) is 6.31. The summed E-state index contributed by atoms with van der Waals surface area (Å²) in [5.41, 5.74) is 2.55. The molecule has 0 N–H and O–H groups in total. The van der Waals surface area contributed by atoms with E-state index in [0.29, 0.717) is 0 Å². The number of hydrogen-bond acceptors (Lipinski definition) is 2. The summed E-state index contributed by atoms with van der Waals surface area (Å²) < 4.78 is 12.8. The van der Waals surface area contributed by atoms with Crippen LogP contribution in [-0.4, -0.2) is 13.2 Å². The Kier molecular flexibility index (Phi) is 2.34. The summed E-state index contributed by atoms with van der Waals surface area (Å²) >= 11 is 3.48. The van der Waals surface area contributed by atoms with Crippen LogP contribution in [0.1, 0.15) is 24.0 Å². The second kappa shape index (κ2) is 3.58. The second-order valence-electron chi connectivity index (χ2n) is 4.14. The average molecular weight is 269 g/mol. The van der Waals surface area contributed by atoms with Crippen molar-refractivity contribution in [2.75, 3.05) is 13.2 Å². The summed E-state index contributed by atoms with van der Waals surface area (Å²) in [6.07, 6.45) is 3.10. The lowest BCUT2D eigenvalue weighted by Crippen LogP contribution is -2.43. The first kappa shape index (κ1) is 9.82. The standard InChI is InChI=1S/C12H13BrO2/c13-10-3-4-11-9(7-10)8-12(11)14-5-1-2-6-15-12/h3-4,7H,1-2,5-6,8H2. The smallest absolute Gasteiger partial charge is 0.199 e. The van der Waals surface area contributed by atoms with Crippen LogP contribution in [0.25, 0.3) is 0 Å². The zero-order valence-corrected chi connectivity index (χ0v) is 10.0. The molecular weight excluding hydrogens is 256 g/mol. The lowest BCUT2D eigenvalue weighted by Gasteiger charge is -2.42. The molecule has 15 heavy (non-hydrogen) atoms.